The minimum absolute atomic E-state index is 0.179. The van der Waals surface area contributed by atoms with Gasteiger partial charge in [-0.25, -0.2) is 0 Å². The van der Waals surface area contributed by atoms with Crippen molar-refractivity contribution in [3.05, 3.63) is 24.3 Å². The van der Waals surface area contributed by atoms with Crippen molar-refractivity contribution in [1.82, 2.24) is 0 Å². The van der Waals surface area contributed by atoms with Crippen molar-refractivity contribution in [2.45, 2.75) is 0 Å². The summed E-state index contributed by atoms with van der Waals surface area (Å²) in [7, 11) is 0. The van der Waals surface area contributed by atoms with Crippen molar-refractivity contribution in [3.63, 3.8) is 0 Å². The van der Waals surface area contributed by atoms with Crippen molar-refractivity contribution >= 4 is 20.0 Å². The molecule has 9 heavy (non-hydrogen) atoms. The van der Waals surface area contributed by atoms with Crippen LogP contribution in [0.2, 0.25) is 0 Å². The van der Waals surface area contributed by atoms with Gasteiger partial charge in [0.05, 0.1) is 0 Å². The van der Waals surface area contributed by atoms with E-state index < -0.39 is 15.7 Å². The zero-order valence-electron chi connectivity index (χ0n) is 4.61. The van der Waals surface area contributed by atoms with Gasteiger partial charge in [-0.05, 0) is 0 Å². The van der Waals surface area contributed by atoms with Crippen molar-refractivity contribution < 1.29 is 8.85 Å². The maximum absolute atomic E-state index is 10.3. The first-order valence-electron chi connectivity index (χ1n) is 2.45. The molecule has 1 aromatic rings. The first-order chi connectivity index (χ1) is 4.33. The van der Waals surface area contributed by atoms with Crippen LogP contribution >= 0.6 is 0 Å². The van der Waals surface area contributed by atoms with Gasteiger partial charge in [-0.2, -0.15) is 0 Å². The van der Waals surface area contributed by atoms with Crippen LogP contribution < -0.4 is 4.35 Å². The average molecular weight is 184 g/mol. The molecule has 0 heterocycles. The van der Waals surface area contributed by atoms with Crippen molar-refractivity contribution in [3.8, 4) is 5.75 Å². The Balaban J connectivity index is 3.07. The summed E-state index contributed by atoms with van der Waals surface area (Å²) < 4.78 is 11.0. The van der Waals surface area contributed by atoms with E-state index in [-0.39, 0.29) is 5.75 Å². The van der Waals surface area contributed by atoms with E-state index in [0.29, 0.717) is 4.35 Å². The third-order valence-corrected chi connectivity index (χ3v) is 1.96. The van der Waals surface area contributed by atoms with Crippen LogP contribution in [0.4, 0.5) is 0 Å². The fraction of sp³-hybridized carbons (Fsp3) is 0. The molecule has 0 aromatic heterocycles. The van der Waals surface area contributed by atoms with Crippen molar-refractivity contribution in [1.29, 1.82) is 0 Å². The van der Waals surface area contributed by atoms with E-state index in [4.69, 9.17) is 5.11 Å². The molecule has 0 aliphatic carbocycles. The van der Waals surface area contributed by atoms with E-state index in [1.54, 1.807) is 18.2 Å². The third kappa shape index (κ3) is 1.65. The molecule has 1 rings (SSSR count). The number of hydrogen-bond acceptors (Lipinski definition) is 2. The number of phenolic OH excluding ortho intramolecular Hbond substituents is 1. The summed E-state index contributed by atoms with van der Waals surface area (Å²) in [6.45, 7) is 0. The van der Waals surface area contributed by atoms with E-state index >= 15 is 0 Å². The fourth-order valence-electron chi connectivity index (χ4n) is 0.550. The fourth-order valence-corrected chi connectivity index (χ4v) is 1.25. The zero-order valence-corrected chi connectivity index (χ0v) is 6.49. The average Bonchev–Trinajstić information content (AvgIpc) is 1.88. The molecule has 0 radical (unpaired) electrons. The van der Waals surface area contributed by atoms with Crippen LogP contribution in [-0.2, 0) is 3.74 Å². The normalized spacial score (nSPS) is 9.78. The first kappa shape index (κ1) is 6.50. The first-order valence-corrected chi connectivity index (χ1v) is 4.16. The number of hydrogen-bond donors (Lipinski definition) is 1. The molecule has 1 aromatic carbocycles. The van der Waals surface area contributed by atoms with E-state index in [1.165, 1.54) is 6.07 Å². The minimum atomic E-state index is -0.992. The predicted octanol–water partition coefficient (Wildman–Crippen LogP) is 0.0672. The second-order valence-electron chi connectivity index (χ2n) is 1.61. The van der Waals surface area contributed by atoms with Gasteiger partial charge in [-0.15, -0.1) is 0 Å². The number of phenols is 1. The van der Waals surface area contributed by atoms with Crippen LogP contribution in [0, 0.1) is 0 Å². The van der Waals surface area contributed by atoms with Crippen LogP contribution in [0.3, 0.4) is 0 Å². The van der Waals surface area contributed by atoms with Crippen LogP contribution in [0.5, 0.6) is 5.75 Å². The van der Waals surface area contributed by atoms with Crippen LogP contribution in [0.25, 0.3) is 0 Å². The summed E-state index contributed by atoms with van der Waals surface area (Å²) in [5.74, 6) is 0.179. The quantitative estimate of drug-likeness (QED) is 0.627. The Morgan fingerprint density at radius 1 is 1.44 bits per heavy atom. The molecule has 0 spiro atoms. The second kappa shape index (κ2) is 2.79. The molecule has 0 saturated carbocycles. The summed E-state index contributed by atoms with van der Waals surface area (Å²) in [5.41, 5.74) is 0. The van der Waals surface area contributed by atoms with Gasteiger partial charge in [0.2, 0.25) is 0 Å². The Morgan fingerprint density at radius 2 is 2.22 bits per heavy atom. The summed E-state index contributed by atoms with van der Waals surface area (Å²) in [6, 6.07) is 6.47. The molecule has 0 aliphatic heterocycles. The summed E-state index contributed by atoms with van der Waals surface area (Å²) in [4.78, 5) is 0. The summed E-state index contributed by atoms with van der Waals surface area (Å²) >= 11 is -0.992. The Bertz CT molecular complexity index is 222. The molecule has 0 bridgehead atoms. The van der Waals surface area contributed by atoms with E-state index in [0.717, 1.165) is 0 Å². The molecule has 0 fully saturated rings. The Kier molecular flexibility index (Phi) is 2.01. The molecular formula is C6H5AsO2. The SMILES string of the molecule is O=[As]c1cccc(O)c1. The van der Waals surface area contributed by atoms with Crippen LogP contribution in [-0.4, -0.2) is 20.8 Å². The van der Waals surface area contributed by atoms with Crippen molar-refractivity contribution in [2.75, 3.05) is 0 Å². The maximum atomic E-state index is 10.3. The molecule has 0 unspecified atom stereocenters. The van der Waals surface area contributed by atoms with Gasteiger partial charge in [0, 0.05) is 0 Å². The Labute approximate surface area is 59.4 Å². The Morgan fingerprint density at radius 3 is 2.67 bits per heavy atom. The number of rotatable bonds is 1. The third-order valence-electron chi connectivity index (χ3n) is 0.935. The van der Waals surface area contributed by atoms with E-state index in [2.05, 4.69) is 0 Å². The van der Waals surface area contributed by atoms with Gasteiger partial charge < -0.3 is 0 Å². The second-order valence-corrected chi connectivity index (χ2v) is 3.08. The van der Waals surface area contributed by atoms with Gasteiger partial charge in [0.15, 0.2) is 0 Å². The summed E-state index contributed by atoms with van der Waals surface area (Å²) in [5, 5.41) is 8.82. The molecule has 46 valence electrons. The molecule has 0 atom stereocenters. The predicted molar refractivity (Wildman–Crippen MR) is 34.2 cm³/mol. The monoisotopic (exact) mass is 184 g/mol. The van der Waals surface area contributed by atoms with Crippen LogP contribution in [0.1, 0.15) is 0 Å². The molecule has 0 amide bonds. The number of aromatic hydroxyl groups is 1. The zero-order chi connectivity index (χ0) is 6.69. The van der Waals surface area contributed by atoms with Crippen molar-refractivity contribution in [2.24, 2.45) is 0 Å². The topological polar surface area (TPSA) is 37.3 Å². The van der Waals surface area contributed by atoms with E-state index in [9.17, 15) is 3.74 Å². The Hall–Kier alpha value is -0.622. The van der Waals surface area contributed by atoms with Gasteiger partial charge in [-0.1, -0.05) is 0 Å². The van der Waals surface area contributed by atoms with Gasteiger partial charge in [0.1, 0.15) is 0 Å². The molecular weight excluding hydrogens is 179 g/mol. The molecule has 1 N–H and O–H groups in total. The molecule has 2 nitrogen and oxygen atoms in total. The van der Waals surface area contributed by atoms with Gasteiger partial charge in [0.25, 0.3) is 0 Å². The molecule has 0 saturated heterocycles. The number of benzene rings is 1. The molecule has 3 heteroatoms. The van der Waals surface area contributed by atoms with Gasteiger partial charge >= 0.3 is 58.9 Å². The summed E-state index contributed by atoms with van der Waals surface area (Å²) in [6.07, 6.45) is 0. The standard InChI is InChI=1S/C6H5AsO2/c8-6-3-1-2-5(4-6)7-9/h1-4,8H. The van der Waals surface area contributed by atoms with E-state index in [1.807, 2.05) is 0 Å². The van der Waals surface area contributed by atoms with Crippen LogP contribution in [0.15, 0.2) is 24.3 Å². The van der Waals surface area contributed by atoms with Gasteiger partial charge in [-0.3, -0.25) is 0 Å². The molecule has 0 aliphatic rings.